The molecule has 1 aliphatic heterocycles. The number of nitrogens with two attached hydrogens (primary N) is 1. The molecule has 0 amide bonds. The van der Waals surface area contributed by atoms with Gasteiger partial charge in [-0.2, -0.15) is 0 Å². The molecule has 2 atom stereocenters. The molecule has 0 radical (unpaired) electrons. The van der Waals surface area contributed by atoms with Gasteiger partial charge in [0, 0.05) is 24.3 Å². The molecule has 1 aromatic rings. The van der Waals surface area contributed by atoms with Crippen molar-refractivity contribution in [2.45, 2.75) is 32.7 Å². The van der Waals surface area contributed by atoms with Gasteiger partial charge in [-0.1, -0.05) is 13.0 Å². The summed E-state index contributed by atoms with van der Waals surface area (Å²) in [7, 11) is 0. The molecule has 3 nitrogen and oxygen atoms in total. The van der Waals surface area contributed by atoms with Gasteiger partial charge in [-0.15, -0.1) is 0 Å². The number of benzene rings is 1. The van der Waals surface area contributed by atoms with Crippen LogP contribution < -0.4 is 10.5 Å². The van der Waals surface area contributed by atoms with Crippen LogP contribution in [0.25, 0.3) is 0 Å². The summed E-state index contributed by atoms with van der Waals surface area (Å²) in [5.74, 6) is 1.74. The molecule has 1 aromatic carbocycles. The molecule has 0 spiro atoms. The fourth-order valence-corrected chi connectivity index (χ4v) is 2.67. The SMILES string of the molecule is CC1CCN(CCOc2cccc(N)c2)C(C)C1. The lowest BCUT2D eigenvalue weighted by molar-refractivity contribution is 0.109. The van der Waals surface area contributed by atoms with Crippen LogP contribution in [0, 0.1) is 5.92 Å². The Balaban J connectivity index is 1.75. The van der Waals surface area contributed by atoms with Crippen LogP contribution in [0.1, 0.15) is 26.7 Å². The van der Waals surface area contributed by atoms with Gasteiger partial charge in [-0.3, -0.25) is 4.90 Å². The normalized spacial score (nSPS) is 25.0. The second-order valence-electron chi connectivity index (χ2n) is 5.44. The lowest BCUT2D eigenvalue weighted by Crippen LogP contribution is -2.42. The van der Waals surface area contributed by atoms with Crippen LogP contribution in [0.5, 0.6) is 5.75 Å². The Hall–Kier alpha value is -1.22. The first-order chi connectivity index (χ1) is 8.65. The fourth-order valence-electron chi connectivity index (χ4n) is 2.67. The summed E-state index contributed by atoms with van der Waals surface area (Å²) in [6.07, 6.45) is 2.61. The third-order valence-electron chi connectivity index (χ3n) is 3.78. The third kappa shape index (κ3) is 3.64. The Bertz CT molecular complexity index is 381. The third-order valence-corrected chi connectivity index (χ3v) is 3.78. The zero-order valence-corrected chi connectivity index (χ0v) is 11.4. The largest absolute Gasteiger partial charge is 0.492 e. The van der Waals surface area contributed by atoms with Crippen LogP contribution in [0.15, 0.2) is 24.3 Å². The highest BCUT2D eigenvalue weighted by Crippen LogP contribution is 2.22. The highest BCUT2D eigenvalue weighted by Gasteiger charge is 2.22. The number of nitrogens with zero attached hydrogens (tertiary/aromatic N) is 1. The average Bonchev–Trinajstić information content (AvgIpc) is 2.32. The predicted molar refractivity (Wildman–Crippen MR) is 75.8 cm³/mol. The molecule has 0 saturated carbocycles. The lowest BCUT2D eigenvalue weighted by atomic mass is 9.93. The van der Waals surface area contributed by atoms with Crippen LogP contribution in [-0.4, -0.2) is 30.6 Å². The second-order valence-corrected chi connectivity index (χ2v) is 5.44. The van der Waals surface area contributed by atoms with E-state index in [0.29, 0.717) is 6.04 Å². The molecule has 18 heavy (non-hydrogen) atoms. The highest BCUT2D eigenvalue weighted by atomic mass is 16.5. The molecule has 100 valence electrons. The molecule has 0 aliphatic carbocycles. The van der Waals surface area contributed by atoms with Crippen LogP contribution in [0.3, 0.4) is 0 Å². The maximum atomic E-state index is 5.74. The summed E-state index contributed by atoms with van der Waals surface area (Å²) in [4.78, 5) is 2.52. The van der Waals surface area contributed by atoms with E-state index in [-0.39, 0.29) is 0 Å². The molecule has 2 N–H and O–H groups in total. The van der Waals surface area contributed by atoms with Crippen LogP contribution in [-0.2, 0) is 0 Å². The Morgan fingerprint density at radius 3 is 2.94 bits per heavy atom. The number of anilines is 1. The zero-order chi connectivity index (χ0) is 13.0. The number of rotatable bonds is 4. The minimum Gasteiger partial charge on any atom is -0.492 e. The van der Waals surface area contributed by atoms with Gasteiger partial charge in [-0.25, -0.2) is 0 Å². The number of nitrogen functional groups attached to an aromatic ring is 1. The van der Waals surface area contributed by atoms with Crippen LogP contribution in [0.4, 0.5) is 5.69 Å². The van der Waals surface area contributed by atoms with E-state index < -0.39 is 0 Å². The summed E-state index contributed by atoms with van der Waals surface area (Å²) in [6.45, 7) is 7.60. The molecule has 1 saturated heterocycles. The number of hydrogen-bond donors (Lipinski definition) is 1. The molecule has 1 heterocycles. The maximum absolute atomic E-state index is 5.74. The minimum absolute atomic E-state index is 0.679. The molecule has 2 rings (SSSR count). The van der Waals surface area contributed by atoms with E-state index in [9.17, 15) is 0 Å². The maximum Gasteiger partial charge on any atom is 0.121 e. The Labute approximate surface area is 110 Å². The summed E-state index contributed by atoms with van der Waals surface area (Å²) >= 11 is 0. The molecule has 1 fully saturated rings. The van der Waals surface area contributed by atoms with Gasteiger partial charge in [0.2, 0.25) is 0 Å². The number of hydrogen-bond acceptors (Lipinski definition) is 3. The molecule has 3 heteroatoms. The van der Waals surface area contributed by atoms with Gasteiger partial charge < -0.3 is 10.5 Å². The van der Waals surface area contributed by atoms with Gasteiger partial charge in [0.25, 0.3) is 0 Å². The average molecular weight is 248 g/mol. The van der Waals surface area contributed by atoms with E-state index in [1.807, 2.05) is 24.3 Å². The van der Waals surface area contributed by atoms with Gasteiger partial charge in [0.1, 0.15) is 12.4 Å². The van der Waals surface area contributed by atoms with Crippen molar-refractivity contribution in [2.24, 2.45) is 5.92 Å². The highest BCUT2D eigenvalue weighted by molar-refractivity contribution is 5.43. The fraction of sp³-hybridized carbons (Fsp3) is 0.600. The van der Waals surface area contributed by atoms with Crippen molar-refractivity contribution in [3.05, 3.63) is 24.3 Å². The summed E-state index contributed by atoms with van der Waals surface area (Å²) in [5, 5.41) is 0. The van der Waals surface area contributed by atoms with Crippen molar-refractivity contribution in [1.29, 1.82) is 0 Å². The quantitative estimate of drug-likeness (QED) is 0.833. The summed E-state index contributed by atoms with van der Waals surface area (Å²) in [6, 6.07) is 8.31. The van der Waals surface area contributed by atoms with E-state index in [1.54, 1.807) is 0 Å². The monoisotopic (exact) mass is 248 g/mol. The number of piperidine rings is 1. The van der Waals surface area contributed by atoms with Crippen LogP contribution in [0.2, 0.25) is 0 Å². The van der Waals surface area contributed by atoms with E-state index in [1.165, 1.54) is 19.4 Å². The van der Waals surface area contributed by atoms with E-state index in [0.717, 1.165) is 30.5 Å². The first-order valence-corrected chi connectivity index (χ1v) is 6.87. The van der Waals surface area contributed by atoms with Crippen molar-refractivity contribution in [3.63, 3.8) is 0 Å². The van der Waals surface area contributed by atoms with E-state index in [2.05, 4.69) is 18.7 Å². The first kappa shape index (κ1) is 13.2. The Kier molecular flexibility index (Phi) is 4.48. The standard InChI is InChI=1S/C15H24N2O/c1-12-6-7-17(13(2)10-12)8-9-18-15-5-3-4-14(16)11-15/h3-5,11-13H,6-10,16H2,1-2H3. The molecular weight excluding hydrogens is 224 g/mol. The van der Waals surface area contributed by atoms with Crippen molar-refractivity contribution < 1.29 is 4.74 Å². The van der Waals surface area contributed by atoms with Gasteiger partial charge >= 0.3 is 0 Å². The minimum atomic E-state index is 0.679. The van der Waals surface area contributed by atoms with Crippen molar-refractivity contribution in [3.8, 4) is 5.75 Å². The zero-order valence-electron chi connectivity index (χ0n) is 11.4. The van der Waals surface area contributed by atoms with Crippen LogP contribution >= 0.6 is 0 Å². The Morgan fingerprint density at radius 2 is 2.22 bits per heavy atom. The van der Waals surface area contributed by atoms with Gasteiger partial charge in [0.15, 0.2) is 0 Å². The number of likely N-dealkylation sites (tertiary alicyclic amines) is 1. The molecule has 0 aromatic heterocycles. The van der Waals surface area contributed by atoms with Gasteiger partial charge in [-0.05, 0) is 44.4 Å². The smallest absolute Gasteiger partial charge is 0.121 e. The summed E-state index contributed by atoms with van der Waals surface area (Å²) < 4.78 is 5.74. The van der Waals surface area contributed by atoms with Crippen molar-refractivity contribution >= 4 is 5.69 Å². The summed E-state index contributed by atoms with van der Waals surface area (Å²) in [5.41, 5.74) is 6.48. The Morgan fingerprint density at radius 1 is 1.39 bits per heavy atom. The number of ether oxygens (including phenoxy) is 1. The molecule has 1 aliphatic rings. The van der Waals surface area contributed by atoms with Crippen molar-refractivity contribution in [2.75, 3.05) is 25.4 Å². The van der Waals surface area contributed by atoms with Gasteiger partial charge in [0.05, 0.1) is 0 Å². The second kappa shape index (κ2) is 6.10. The van der Waals surface area contributed by atoms with Crippen molar-refractivity contribution in [1.82, 2.24) is 4.90 Å². The molecule has 0 bridgehead atoms. The molecule has 2 unspecified atom stereocenters. The molecular formula is C15H24N2O. The topological polar surface area (TPSA) is 38.5 Å². The van der Waals surface area contributed by atoms with E-state index >= 15 is 0 Å². The van der Waals surface area contributed by atoms with E-state index in [4.69, 9.17) is 10.5 Å². The first-order valence-electron chi connectivity index (χ1n) is 6.87. The predicted octanol–water partition coefficient (Wildman–Crippen LogP) is 2.77. The lowest BCUT2D eigenvalue weighted by Gasteiger charge is -2.36.